The van der Waals surface area contributed by atoms with Crippen molar-refractivity contribution in [2.24, 2.45) is 0 Å². The van der Waals surface area contributed by atoms with Gasteiger partial charge in [-0.1, -0.05) is 47.6 Å². The van der Waals surface area contributed by atoms with E-state index in [4.69, 9.17) is 0 Å². The Morgan fingerprint density at radius 1 is 0.684 bits per heavy atom. The molecule has 0 aliphatic heterocycles. The van der Waals surface area contributed by atoms with Crippen LogP contribution in [-0.2, 0) is 0 Å². The molecule has 0 amide bonds. The SMILES string of the molecule is C=CC[Si](N(CC)CC)(N(CC)CC)N(CC)CC. The summed E-state index contributed by atoms with van der Waals surface area (Å²) in [4.78, 5) is 0. The average molecular weight is 286 g/mol. The third-order valence-corrected chi connectivity index (χ3v) is 10.0. The van der Waals surface area contributed by atoms with Crippen molar-refractivity contribution in [1.29, 1.82) is 0 Å². The number of nitrogens with zero attached hydrogens (tertiary/aromatic N) is 3. The Kier molecular flexibility index (Phi) is 9.61. The quantitative estimate of drug-likeness (QED) is 0.426. The zero-order valence-electron chi connectivity index (χ0n) is 14.1. The third-order valence-electron chi connectivity index (χ3n) is 4.23. The summed E-state index contributed by atoms with van der Waals surface area (Å²) in [6, 6.07) is 1.12. The Hall–Kier alpha value is -0.163. The molecule has 4 heteroatoms. The summed E-state index contributed by atoms with van der Waals surface area (Å²) >= 11 is 0. The van der Waals surface area contributed by atoms with Gasteiger partial charge in [-0.25, -0.2) is 0 Å². The molecule has 114 valence electrons. The summed E-state index contributed by atoms with van der Waals surface area (Å²) < 4.78 is 8.15. The van der Waals surface area contributed by atoms with Gasteiger partial charge in [0.2, 0.25) is 0 Å². The zero-order valence-corrected chi connectivity index (χ0v) is 15.1. The molecule has 0 aromatic rings. The van der Waals surface area contributed by atoms with E-state index in [2.05, 4.69) is 67.9 Å². The highest BCUT2D eigenvalue weighted by molar-refractivity contribution is 6.72. The first-order valence-corrected chi connectivity index (χ1v) is 10.0. The minimum absolute atomic E-state index is 1.12. The lowest BCUT2D eigenvalue weighted by molar-refractivity contribution is 0.264. The highest BCUT2D eigenvalue weighted by atomic mass is 28.4. The fraction of sp³-hybridized carbons (Fsp3) is 0.867. The first-order chi connectivity index (χ1) is 9.12. The van der Waals surface area contributed by atoms with Crippen LogP contribution in [0.4, 0.5) is 0 Å². The van der Waals surface area contributed by atoms with Crippen LogP contribution in [-0.4, -0.2) is 61.5 Å². The highest BCUT2D eigenvalue weighted by Crippen LogP contribution is 2.25. The van der Waals surface area contributed by atoms with Crippen LogP contribution in [0.3, 0.4) is 0 Å². The van der Waals surface area contributed by atoms with Gasteiger partial charge in [0.25, 0.3) is 8.56 Å². The molecule has 19 heavy (non-hydrogen) atoms. The molecule has 0 rings (SSSR count). The molecule has 0 aromatic carbocycles. The summed E-state index contributed by atoms with van der Waals surface area (Å²) in [5.74, 6) is 0. The largest absolute Gasteiger partial charge is 0.300 e. The van der Waals surface area contributed by atoms with E-state index in [-0.39, 0.29) is 0 Å². The van der Waals surface area contributed by atoms with Gasteiger partial charge in [0, 0.05) is 6.04 Å². The van der Waals surface area contributed by atoms with Crippen molar-refractivity contribution in [3.8, 4) is 0 Å². The second-order valence-electron chi connectivity index (χ2n) is 4.78. The lowest BCUT2D eigenvalue weighted by atomic mass is 10.6. The van der Waals surface area contributed by atoms with Crippen molar-refractivity contribution in [3.05, 3.63) is 12.7 Å². The third kappa shape index (κ3) is 3.91. The zero-order chi connectivity index (χ0) is 14.9. The highest BCUT2D eigenvalue weighted by Gasteiger charge is 2.47. The maximum atomic E-state index is 4.05. The molecular formula is C15H35N3Si. The summed E-state index contributed by atoms with van der Waals surface area (Å²) in [7, 11) is -1.80. The molecule has 0 radical (unpaired) electrons. The summed E-state index contributed by atoms with van der Waals surface area (Å²) in [5, 5.41) is 0. The van der Waals surface area contributed by atoms with Gasteiger partial charge in [0.1, 0.15) is 0 Å². The van der Waals surface area contributed by atoms with E-state index < -0.39 is 8.56 Å². The van der Waals surface area contributed by atoms with E-state index >= 15 is 0 Å². The van der Waals surface area contributed by atoms with Gasteiger partial charge in [-0.3, -0.25) is 13.7 Å². The number of allylic oxidation sites excluding steroid dienone is 1. The van der Waals surface area contributed by atoms with E-state index in [1.807, 2.05) is 0 Å². The molecule has 0 aliphatic carbocycles. The van der Waals surface area contributed by atoms with Crippen LogP contribution in [0.1, 0.15) is 41.5 Å². The Morgan fingerprint density at radius 2 is 0.947 bits per heavy atom. The molecule has 3 nitrogen and oxygen atoms in total. The number of hydrogen-bond donors (Lipinski definition) is 0. The van der Waals surface area contributed by atoms with E-state index in [0.717, 1.165) is 45.3 Å². The van der Waals surface area contributed by atoms with E-state index in [9.17, 15) is 0 Å². The van der Waals surface area contributed by atoms with E-state index in [1.165, 1.54) is 0 Å². The molecule has 0 saturated carbocycles. The van der Waals surface area contributed by atoms with E-state index in [1.54, 1.807) is 0 Å². The molecule has 0 bridgehead atoms. The van der Waals surface area contributed by atoms with Gasteiger partial charge in [-0.05, 0) is 39.3 Å². The Balaban J connectivity index is 5.74. The molecule has 0 heterocycles. The molecule has 0 fully saturated rings. The van der Waals surface area contributed by atoms with Gasteiger partial charge in [-0.15, -0.1) is 6.58 Å². The first-order valence-electron chi connectivity index (χ1n) is 7.98. The fourth-order valence-corrected chi connectivity index (χ4v) is 8.77. The lowest BCUT2D eigenvalue weighted by Gasteiger charge is -2.53. The fourth-order valence-electron chi connectivity index (χ4n) is 3.37. The Bertz CT molecular complexity index is 202. The Morgan fingerprint density at radius 3 is 1.11 bits per heavy atom. The van der Waals surface area contributed by atoms with Crippen molar-refractivity contribution in [2.45, 2.75) is 47.6 Å². The van der Waals surface area contributed by atoms with Crippen LogP contribution in [0.2, 0.25) is 6.04 Å². The Labute approximate surface area is 122 Å². The average Bonchev–Trinajstić information content (AvgIpc) is 2.42. The van der Waals surface area contributed by atoms with Crippen LogP contribution < -0.4 is 0 Å². The lowest BCUT2D eigenvalue weighted by Crippen LogP contribution is -2.74. The van der Waals surface area contributed by atoms with Crippen LogP contribution in [0.25, 0.3) is 0 Å². The van der Waals surface area contributed by atoms with Crippen LogP contribution in [0.5, 0.6) is 0 Å². The first kappa shape index (κ1) is 18.8. The molecular weight excluding hydrogens is 250 g/mol. The summed E-state index contributed by atoms with van der Waals surface area (Å²) in [5.41, 5.74) is 0. The molecule has 0 aliphatic rings. The predicted molar refractivity (Wildman–Crippen MR) is 89.5 cm³/mol. The van der Waals surface area contributed by atoms with Gasteiger partial charge >= 0.3 is 0 Å². The monoisotopic (exact) mass is 285 g/mol. The minimum atomic E-state index is -1.80. The summed E-state index contributed by atoms with van der Waals surface area (Å²) in [6.45, 7) is 24.6. The molecule has 0 N–H and O–H groups in total. The molecule has 0 aromatic heterocycles. The predicted octanol–water partition coefficient (Wildman–Crippen LogP) is 3.14. The van der Waals surface area contributed by atoms with Crippen LogP contribution >= 0.6 is 0 Å². The van der Waals surface area contributed by atoms with E-state index in [0.29, 0.717) is 0 Å². The summed E-state index contributed by atoms with van der Waals surface area (Å²) in [6.07, 6.45) is 2.14. The normalized spacial score (nSPS) is 12.7. The molecule has 0 atom stereocenters. The van der Waals surface area contributed by atoms with Crippen molar-refractivity contribution < 1.29 is 0 Å². The molecule has 0 saturated heterocycles. The van der Waals surface area contributed by atoms with Gasteiger partial charge < -0.3 is 0 Å². The van der Waals surface area contributed by atoms with Crippen LogP contribution in [0, 0.1) is 0 Å². The number of rotatable bonds is 11. The maximum Gasteiger partial charge on any atom is 0.293 e. The van der Waals surface area contributed by atoms with Gasteiger partial charge in [0.15, 0.2) is 0 Å². The second-order valence-corrected chi connectivity index (χ2v) is 8.64. The number of hydrogen-bond acceptors (Lipinski definition) is 3. The van der Waals surface area contributed by atoms with Crippen molar-refractivity contribution in [2.75, 3.05) is 39.3 Å². The topological polar surface area (TPSA) is 9.72 Å². The minimum Gasteiger partial charge on any atom is -0.300 e. The van der Waals surface area contributed by atoms with Gasteiger partial charge in [0.05, 0.1) is 0 Å². The maximum absolute atomic E-state index is 4.05. The van der Waals surface area contributed by atoms with Crippen molar-refractivity contribution in [3.63, 3.8) is 0 Å². The van der Waals surface area contributed by atoms with Crippen molar-refractivity contribution in [1.82, 2.24) is 13.7 Å². The van der Waals surface area contributed by atoms with Crippen molar-refractivity contribution >= 4 is 8.56 Å². The molecule has 0 unspecified atom stereocenters. The molecule has 0 spiro atoms. The van der Waals surface area contributed by atoms with Gasteiger partial charge in [-0.2, -0.15) is 0 Å². The van der Waals surface area contributed by atoms with Crippen LogP contribution in [0.15, 0.2) is 12.7 Å². The second kappa shape index (κ2) is 9.70. The smallest absolute Gasteiger partial charge is 0.293 e. The standard InChI is InChI=1S/C15H35N3Si/c1-8-15-19(16(9-2)10-3,17(11-4)12-5)18(13-6)14-7/h8H,1,9-15H2,2-7H3.